The van der Waals surface area contributed by atoms with Crippen molar-refractivity contribution in [2.75, 3.05) is 12.4 Å². The quantitative estimate of drug-likeness (QED) is 0.826. The van der Waals surface area contributed by atoms with Crippen molar-refractivity contribution in [3.8, 4) is 0 Å². The molecule has 2 aromatic rings. The van der Waals surface area contributed by atoms with Gasteiger partial charge in [-0.1, -0.05) is 12.1 Å². The van der Waals surface area contributed by atoms with Gasteiger partial charge in [-0.2, -0.15) is 5.10 Å². The van der Waals surface area contributed by atoms with Gasteiger partial charge in [-0.25, -0.2) is 4.79 Å². The number of aromatic nitrogens is 2. The molecule has 2 N–H and O–H groups in total. The van der Waals surface area contributed by atoms with Crippen molar-refractivity contribution in [3.63, 3.8) is 0 Å². The number of anilines is 1. The average molecular weight is 285 g/mol. The van der Waals surface area contributed by atoms with Gasteiger partial charge < -0.3 is 10.1 Å². The highest BCUT2D eigenvalue weighted by molar-refractivity contribution is 5.94. The van der Waals surface area contributed by atoms with E-state index in [1.54, 1.807) is 12.1 Å². The number of hydrogen-bond acceptors (Lipinski definition) is 4. The third kappa shape index (κ3) is 2.29. The van der Waals surface area contributed by atoms with Crippen molar-refractivity contribution >= 4 is 17.7 Å². The summed E-state index contributed by atoms with van der Waals surface area (Å²) in [7, 11) is 1.35. The van der Waals surface area contributed by atoms with Crippen LogP contribution in [-0.4, -0.2) is 29.2 Å². The topological polar surface area (TPSA) is 84.1 Å². The fourth-order valence-corrected chi connectivity index (χ4v) is 2.68. The molecule has 0 bridgehead atoms. The number of benzene rings is 1. The van der Waals surface area contributed by atoms with Crippen molar-refractivity contribution in [1.29, 1.82) is 0 Å². The molecule has 0 aliphatic carbocycles. The minimum Gasteiger partial charge on any atom is -0.465 e. The van der Waals surface area contributed by atoms with Gasteiger partial charge in [0.25, 0.3) is 0 Å². The van der Waals surface area contributed by atoms with E-state index < -0.39 is 0 Å². The number of rotatable bonds is 2. The Morgan fingerprint density at radius 2 is 2.05 bits per heavy atom. The summed E-state index contributed by atoms with van der Waals surface area (Å²) >= 11 is 0. The summed E-state index contributed by atoms with van der Waals surface area (Å²) in [6.07, 6.45) is 0.366. The summed E-state index contributed by atoms with van der Waals surface area (Å²) in [5.74, 6) is 0.101. The molecule has 6 heteroatoms. The van der Waals surface area contributed by atoms with E-state index in [2.05, 4.69) is 20.3 Å². The molecule has 1 amide bonds. The van der Waals surface area contributed by atoms with Gasteiger partial charge in [-0.3, -0.25) is 9.89 Å². The number of nitrogens with one attached hydrogen (secondary N) is 2. The molecule has 0 saturated heterocycles. The van der Waals surface area contributed by atoms with E-state index in [-0.39, 0.29) is 17.8 Å². The third-order valence-corrected chi connectivity index (χ3v) is 3.72. The van der Waals surface area contributed by atoms with Crippen LogP contribution in [0.4, 0.5) is 5.82 Å². The number of aromatic amines is 1. The lowest BCUT2D eigenvalue weighted by Gasteiger charge is -2.23. The fourth-order valence-electron chi connectivity index (χ4n) is 2.68. The minimum atomic E-state index is -0.372. The van der Waals surface area contributed by atoms with Crippen LogP contribution in [0.15, 0.2) is 24.3 Å². The Hall–Kier alpha value is -2.63. The molecule has 1 unspecified atom stereocenters. The summed E-state index contributed by atoms with van der Waals surface area (Å²) in [4.78, 5) is 23.3. The molecule has 108 valence electrons. The summed E-state index contributed by atoms with van der Waals surface area (Å²) in [6.45, 7) is 1.93. The van der Waals surface area contributed by atoms with Gasteiger partial charge in [0.2, 0.25) is 5.91 Å². The summed E-state index contributed by atoms with van der Waals surface area (Å²) in [6, 6.07) is 7.13. The summed E-state index contributed by atoms with van der Waals surface area (Å²) < 4.78 is 4.68. The van der Waals surface area contributed by atoms with E-state index in [1.807, 2.05) is 19.1 Å². The van der Waals surface area contributed by atoms with E-state index in [0.29, 0.717) is 17.8 Å². The second kappa shape index (κ2) is 5.05. The van der Waals surface area contributed by atoms with Crippen molar-refractivity contribution in [2.24, 2.45) is 0 Å². The van der Waals surface area contributed by atoms with Gasteiger partial charge >= 0.3 is 5.97 Å². The highest BCUT2D eigenvalue weighted by Crippen LogP contribution is 2.37. The zero-order valence-corrected chi connectivity index (χ0v) is 11.8. The molecule has 2 heterocycles. The number of esters is 1. The Morgan fingerprint density at radius 3 is 2.71 bits per heavy atom. The van der Waals surface area contributed by atoms with Gasteiger partial charge in [0.15, 0.2) is 5.82 Å². The average Bonchev–Trinajstić information content (AvgIpc) is 2.87. The Kier molecular flexibility index (Phi) is 3.21. The fraction of sp³-hybridized carbons (Fsp3) is 0.267. The highest BCUT2D eigenvalue weighted by Gasteiger charge is 2.30. The van der Waals surface area contributed by atoms with Gasteiger partial charge in [-0.15, -0.1) is 0 Å². The van der Waals surface area contributed by atoms with Crippen LogP contribution in [0, 0.1) is 6.92 Å². The molecule has 0 spiro atoms. The van der Waals surface area contributed by atoms with E-state index in [4.69, 9.17) is 0 Å². The molecule has 1 aliphatic heterocycles. The SMILES string of the molecule is COC(=O)c1ccc(C2CC(=O)Nc3n[nH]c(C)c32)cc1. The highest BCUT2D eigenvalue weighted by atomic mass is 16.5. The lowest BCUT2D eigenvalue weighted by molar-refractivity contribution is -0.116. The number of H-pyrrole nitrogens is 1. The molecule has 21 heavy (non-hydrogen) atoms. The van der Waals surface area contributed by atoms with Crippen LogP contribution in [0.2, 0.25) is 0 Å². The van der Waals surface area contributed by atoms with Crippen LogP contribution in [0.5, 0.6) is 0 Å². The van der Waals surface area contributed by atoms with E-state index in [1.165, 1.54) is 7.11 Å². The van der Waals surface area contributed by atoms with E-state index in [0.717, 1.165) is 16.8 Å². The number of ether oxygens (including phenoxy) is 1. The maximum atomic E-state index is 11.8. The molecular formula is C15H15N3O3. The molecule has 0 fully saturated rings. The molecule has 0 saturated carbocycles. The largest absolute Gasteiger partial charge is 0.465 e. The minimum absolute atomic E-state index is 0.0563. The van der Waals surface area contributed by atoms with Crippen LogP contribution in [-0.2, 0) is 9.53 Å². The first-order valence-electron chi connectivity index (χ1n) is 6.63. The van der Waals surface area contributed by atoms with Crippen LogP contribution in [0.25, 0.3) is 0 Å². The molecule has 0 radical (unpaired) electrons. The predicted octanol–water partition coefficient (Wildman–Crippen LogP) is 1.98. The number of methoxy groups -OCH3 is 1. The lowest BCUT2D eigenvalue weighted by atomic mass is 9.85. The van der Waals surface area contributed by atoms with Gasteiger partial charge in [0.1, 0.15) is 0 Å². The monoisotopic (exact) mass is 285 g/mol. The van der Waals surface area contributed by atoms with E-state index in [9.17, 15) is 9.59 Å². The standard InChI is InChI=1S/C15H15N3O3/c1-8-13-11(7-12(19)16-14(13)18-17-8)9-3-5-10(6-4-9)15(20)21-2/h3-6,11H,7H2,1-2H3,(H2,16,17,18,19). The Labute approximate surface area is 121 Å². The number of carbonyl (C=O) groups excluding carboxylic acids is 2. The predicted molar refractivity (Wildman–Crippen MR) is 76.2 cm³/mol. The zero-order valence-electron chi connectivity index (χ0n) is 11.8. The number of hydrogen-bond donors (Lipinski definition) is 2. The first-order chi connectivity index (χ1) is 10.1. The van der Waals surface area contributed by atoms with Crippen LogP contribution >= 0.6 is 0 Å². The van der Waals surface area contributed by atoms with Gasteiger partial charge in [0, 0.05) is 23.6 Å². The van der Waals surface area contributed by atoms with Crippen LogP contribution < -0.4 is 5.32 Å². The van der Waals surface area contributed by atoms with Crippen LogP contribution in [0.1, 0.15) is 39.5 Å². The second-order valence-electron chi connectivity index (χ2n) is 5.03. The Morgan fingerprint density at radius 1 is 1.33 bits per heavy atom. The number of nitrogens with zero attached hydrogens (tertiary/aromatic N) is 1. The molecule has 6 nitrogen and oxygen atoms in total. The third-order valence-electron chi connectivity index (χ3n) is 3.72. The number of fused-ring (bicyclic) bond motifs is 1. The van der Waals surface area contributed by atoms with Crippen LogP contribution in [0.3, 0.4) is 0 Å². The zero-order chi connectivity index (χ0) is 15.0. The van der Waals surface area contributed by atoms with Gasteiger partial charge in [0.05, 0.1) is 12.7 Å². The first-order valence-corrected chi connectivity index (χ1v) is 6.63. The maximum absolute atomic E-state index is 11.8. The molecule has 1 aliphatic rings. The molecular weight excluding hydrogens is 270 g/mol. The van der Waals surface area contributed by atoms with Crippen molar-refractivity contribution < 1.29 is 14.3 Å². The molecule has 1 atom stereocenters. The lowest BCUT2D eigenvalue weighted by Crippen LogP contribution is -2.23. The smallest absolute Gasteiger partial charge is 0.337 e. The molecule has 3 rings (SSSR count). The van der Waals surface area contributed by atoms with E-state index >= 15 is 0 Å². The molecule has 1 aromatic carbocycles. The second-order valence-corrected chi connectivity index (χ2v) is 5.03. The normalized spacial score (nSPS) is 17.0. The first kappa shape index (κ1) is 13.4. The van der Waals surface area contributed by atoms with Gasteiger partial charge in [-0.05, 0) is 24.6 Å². The maximum Gasteiger partial charge on any atom is 0.337 e. The molecule has 1 aromatic heterocycles. The summed E-state index contributed by atoms with van der Waals surface area (Å²) in [5, 5.41) is 9.77. The number of aryl methyl sites for hydroxylation is 1. The summed E-state index contributed by atoms with van der Waals surface area (Å²) in [5.41, 5.74) is 3.40. The van der Waals surface area contributed by atoms with Crippen molar-refractivity contribution in [2.45, 2.75) is 19.3 Å². The number of carbonyl (C=O) groups is 2. The Balaban J connectivity index is 1.98. The van der Waals surface area contributed by atoms with Crippen molar-refractivity contribution in [1.82, 2.24) is 10.2 Å². The number of amides is 1. The Bertz CT molecular complexity index is 703. The van der Waals surface area contributed by atoms with Crippen molar-refractivity contribution in [3.05, 3.63) is 46.6 Å².